The van der Waals surface area contributed by atoms with E-state index in [0.29, 0.717) is 0 Å². The van der Waals surface area contributed by atoms with Crippen LogP contribution in [0.1, 0.15) is 0 Å². The molecule has 1 aromatic carbocycles. The average Bonchev–Trinajstić information content (AvgIpc) is 2.03. The highest BCUT2D eigenvalue weighted by atomic mass is 32.1. The Labute approximate surface area is 76.4 Å². The first-order valence-electron chi connectivity index (χ1n) is 3.49. The van der Waals surface area contributed by atoms with E-state index in [4.69, 9.17) is 5.73 Å². The lowest BCUT2D eigenvalue weighted by Crippen LogP contribution is -2.21. The molecule has 0 atom stereocenters. The number of anilines is 1. The fourth-order valence-electron chi connectivity index (χ4n) is 0.768. The minimum atomic E-state index is -0.370. The second-order valence-corrected chi connectivity index (χ2v) is 2.88. The molecular weight excluding hydrogens is 172 g/mol. The molecule has 3 N–H and O–H groups in total. The molecule has 0 radical (unpaired) electrons. The molecule has 12 heavy (non-hydrogen) atoms. The predicted octanol–water partition coefficient (Wildman–Crippen LogP) is 0.872. The van der Waals surface area contributed by atoms with Crippen molar-refractivity contribution < 1.29 is 4.79 Å². The first-order valence-corrected chi connectivity index (χ1v) is 3.94. The first-order chi connectivity index (χ1) is 5.68. The van der Waals surface area contributed by atoms with Crippen molar-refractivity contribution in [3.05, 3.63) is 24.3 Å². The lowest BCUT2D eigenvalue weighted by atomic mass is 10.3. The monoisotopic (exact) mass is 182 g/mol. The maximum Gasteiger partial charge on any atom is 0.236 e. The minimum Gasteiger partial charge on any atom is -0.376 e. The molecule has 0 spiro atoms. The van der Waals surface area contributed by atoms with E-state index < -0.39 is 0 Å². The zero-order chi connectivity index (χ0) is 8.97. The van der Waals surface area contributed by atoms with E-state index >= 15 is 0 Å². The summed E-state index contributed by atoms with van der Waals surface area (Å²) in [5, 5.41) is 2.86. The number of thiol groups is 1. The smallest absolute Gasteiger partial charge is 0.236 e. The van der Waals surface area contributed by atoms with Gasteiger partial charge in [-0.1, -0.05) is 0 Å². The van der Waals surface area contributed by atoms with Crippen LogP contribution < -0.4 is 11.1 Å². The van der Waals surface area contributed by atoms with Crippen LogP contribution >= 0.6 is 12.6 Å². The number of nitrogens with two attached hydrogens (primary N) is 1. The maximum atomic E-state index is 10.4. The van der Waals surface area contributed by atoms with Crippen molar-refractivity contribution in [3.63, 3.8) is 0 Å². The van der Waals surface area contributed by atoms with Crippen LogP contribution in [0.25, 0.3) is 0 Å². The van der Waals surface area contributed by atoms with Crippen LogP contribution in [0.4, 0.5) is 5.69 Å². The van der Waals surface area contributed by atoms with E-state index in [1.165, 1.54) is 0 Å². The number of hydrogen-bond donors (Lipinski definition) is 3. The van der Waals surface area contributed by atoms with Gasteiger partial charge >= 0.3 is 0 Å². The Morgan fingerprint density at radius 2 is 2.00 bits per heavy atom. The zero-order valence-corrected chi connectivity index (χ0v) is 7.34. The van der Waals surface area contributed by atoms with Crippen LogP contribution in [0.3, 0.4) is 0 Å². The Morgan fingerprint density at radius 1 is 1.42 bits per heavy atom. The van der Waals surface area contributed by atoms with Crippen LogP contribution in [0.5, 0.6) is 0 Å². The Bertz CT molecular complexity index is 271. The first kappa shape index (κ1) is 8.93. The van der Waals surface area contributed by atoms with Crippen LogP contribution in [-0.4, -0.2) is 12.5 Å². The van der Waals surface area contributed by atoms with Crippen LogP contribution in [0, 0.1) is 0 Å². The van der Waals surface area contributed by atoms with Gasteiger partial charge in [-0.15, -0.1) is 12.6 Å². The van der Waals surface area contributed by atoms with E-state index in [0.717, 1.165) is 10.6 Å². The molecular formula is C8H10N2OS. The molecule has 0 heterocycles. The minimum absolute atomic E-state index is 0.159. The van der Waals surface area contributed by atoms with Gasteiger partial charge in [-0.3, -0.25) is 4.79 Å². The highest BCUT2D eigenvalue weighted by molar-refractivity contribution is 7.80. The number of benzene rings is 1. The Balaban J connectivity index is 2.53. The Kier molecular flexibility index (Phi) is 2.99. The summed E-state index contributed by atoms with van der Waals surface area (Å²) < 4.78 is 0. The van der Waals surface area contributed by atoms with Gasteiger partial charge in [-0.25, -0.2) is 0 Å². The molecule has 64 valence electrons. The molecule has 4 heteroatoms. The van der Waals surface area contributed by atoms with Crippen molar-refractivity contribution >= 4 is 24.2 Å². The number of carbonyl (C=O) groups is 1. The summed E-state index contributed by atoms with van der Waals surface area (Å²) in [6, 6.07) is 7.36. The fraction of sp³-hybridized carbons (Fsp3) is 0.125. The third kappa shape index (κ3) is 2.84. The Morgan fingerprint density at radius 3 is 2.50 bits per heavy atom. The third-order valence-corrected chi connectivity index (χ3v) is 1.63. The van der Waals surface area contributed by atoms with Gasteiger partial charge in [0.05, 0.1) is 6.54 Å². The molecule has 0 aromatic heterocycles. The summed E-state index contributed by atoms with van der Waals surface area (Å²) in [7, 11) is 0. The topological polar surface area (TPSA) is 55.1 Å². The molecule has 0 aliphatic heterocycles. The molecule has 1 amide bonds. The van der Waals surface area contributed by atoms with Crippen LogP contribution in [0.15, 0.2) is 29.2 Å². The molecule has 1 aromatic rings. The summed E-state index contributed by atoms with van der Waals surface area (Å²) in [6.07, 6.45) is 0. The summed E-state index contributed by atoms with van der Waals surface area (Å²) in [5.74, 6) is -0.370. The number of rotatable bonds is 3. The highest BCUT2D eigenvalue weighted by Crippen LogP contribution is 2.11. The van der Waals surface area contributed by atoms with Crippen molar-refractivity contribution in [3.8, 4) is 0 Å². The van der Waals surface area contributed by atoms with Crippen molar-refractivity contribution in [2.45, 2.75) is 4.90 Å². The number of hydrogen-bond acceptors (Lipinski definition) is 3. The normalized spacial score (nSPS) is 9.42. The number of nitrogens with one attached hydrogen (secondary N) is 1. The largest absolute Gasteiger partial charge is 0.376 e. The molecule has 0 aliphatic rings. The lowest BCUT2D eigenvalue weighted by Gasteiger charge is -2.02. The number of primary amides is 1. The van der Waals surface area contributed by atoms with Crippen molar-refractivity contribution in [2.75, 3.05) is 11.9 Å². The molecule has 0 bridgehead atoms. The number of carbonyl (C=O) groups excluding carboxylic acids is 1. The standard InChI is InChI=1S/C8H10N2OS/c9-8(11)5-10-6-1-3-7(12)4-2-6/h1-4,10,12H,5H2,(H2,9,11). The molecule has 0 saturated heterocycles. The van der Waals surface area contributed by atoms with Gasteiger partial charge in [0.2, 0.25) is 5.91 Å². The van der Waals surface area contributed by atoms with Crippen LogP contribution in [-0.2, 0) is 4.79 Å². The molecule has 1 rings (SSSR count). The molecule has 0 fully saturated rings. The summed E-state index contributed by atoms with van der Waals surface area (Å²) in [6.45, 7) is 0.159. The molecule has 0 aliphatic carbocycles. The van der Waals surface area contributed by atoms with Crippen molar-refractivity contribution in [2.24, 2.45) is 5.73 Å². The van der Waals surface area contributed by atoms with E-state index in [-0.39, 0.29) is 12.5 Å². The SMILES string of the molecule is NC(=O)CNc1ccc(S)cc1. The highest BCUT2D eigenvalue weighted by Gasteiger charge is 1.93. The van der Waals surface area contributed by atoms with Gasteiger partial charge in [0.1, 0.15) is 0 Å². The quantitative estimate of drug-likeness (QED) is 0.608. The van der Waals surface area contributed by atoms with E-state index in [9.17, 15) is 4.79 Å². The predicted molar refractivity (Wildman–Crippen MR) is 51.4 cm³/mol. The van der Waals surface area contributed by atoms with Gasteiger partial charge in [-0.05, 0) is 24.3 Å². The van der Waals surface area contributed by atoms with Crippen molar-refractivity contribution in [1.82, 2.24) is 0 Å². The molecule has 0 saturated carbocycles. The van der Waals surface area contributed by atoms with Gasteiger partial charge in [0.15, 0.2) is 0 Å². The van der Waals surface area contributed by atoms with E-state index in [1.54, 1.807) is 0 Å². The summed E-state index contributed by atoms with van der Waals surface area (Å²) in [4.78, 5) is 11.3. The second kappa shape index (κ2) is 4.01. The lowest BCUT2D eigenvalue weighted by molar-refractivity contribution is -0.116. The van der Waals surface area contributed by atoms with E-state index in [1.807, 2.05) is 24.3 Å². The second-order valence-electron chi connectivity index (χ2n) is 2.37. The third-order valence-electron chi connectivity index (χ3n) is 1.33. The van der Waals surface area contributed by atoms with E-state index in [2.05, 4.69) is 17.9 Å². The summed E-state index contributed by atoms with van der Waals surface area (Å²) >= 11 is 4.12. The Hall–Kier alpha value is -1.16. The van der Waals surface area contributed by atoms with Gasteiger partial charge in [0, 0.05) is 10.6 Å². The fourth-order valence-corrected chi connectivity index (χ4v) is 0.918. The van der Waals surface area contributed by atoms with Gasteiger partial charge < -0.3 is 11.1 Å². The van der Waals surface area contributed by atoms with Gasteiger partial charge in [0.25, 0.3) is 0 Å². The number of amides is 1. The molecule has 0 unspecified atom stereocenters. The zero-order valence-electron chi connectivity index (χ0n) is 6.45. The average molecular weight is 182 g/mol. The van der Waals surface area contributed by atoms with Crippen LogP contribution in [0.2, 0.25) is 0 Å². The summed E-state index contributed by atoms with van der Waals surface area (Å²) in [5.41, 5.74) is 5.82. The van der Waals surface area contributed by atoms with Crippen molar-refractivity contribution in [1.29, 1.82) is 0 Å². The van der Waals surface area contributed by atoms with Gasteiger partial charge in [-0.2, -0.15) is 0 Å². The maximum absolute atomic E-state index is 10.4. The molecule has 3 nitrogen and oxygen atoms in total.